The van der Waals surface area contributed by atoms with Gasteiger partial charge in [-0.2, -0.15) is 0 Å². The number of sulfonamides is 1. The second kappa shape index (κ2) is 21.2. The average Bonchev–Trinajstić information content (AvgIpc) is 3.59. The summed E-state index contributed by atoms with van der Waals surface area (Å²) in [7, 11) is -0.944. The van der Waals surface area contributed by atoms with Crippen LogP contribution in [0.1, 0.15) is 47.8 Å². The predicted molar refractivity (Wildman–Crippen MR) is 276 cm³/mol. The fourth-order valence-electron chi connectivity index (χ4n) is 9.21. The third kappa shape index (κ3) is 11.4. The van der Waals surface area contributed by atoms with Crippen molar-refractivity contribution < 1.29 is 31.8 Å². The molecule has 0 radical (unpaired) electrons. The molecule has 16 heteroatoms. The van der Waals surface area contributed by atoms with Crippen LogP contribution in [0.3, 0.4) is 0 Å². The summed E-state index contributed by atoms with van der Waals surface area (Å²) in [5, 5.41) is 14.7. The van der Waals surface area contributed by atoms with Gasteiger partial charge in [-0.05, 0) is 130 Å². The number of aryl methyl sites for hydroxylation is 1. The van der Waals surface area contributed by atoms with Gasteiger partial charge in [-0.3, -0.25) is 4.72 Å². The molecule has 3 N–H and O–H groups in total. The Hall–Kier alpha value is -5.58. The van der Waals surface area contributed by atoms with Gasteiger partial charge in [0.25, 0.3) is 10.0 Å². The molecule has 11 nitrogen and oxygen atoms in total. The van der Waals surface area contributed by atoms with E-state index < -0.39 is 33.2 Å². The van der Waals surface area contributed by atoms with Gasteiger partial charge in [0.2, 0.25) is 0 Å². The molecule has 2 aliphatic rings. The molecule has 2 saturated heterocycles. The number of nitrogens with one attached hydrogen (secondary N) is 2. The molecule has 8 rings (SSSR count). The molecule has 2 fully saturated rings. The fourth-order valence-corrected chi connectivity index (χ4v) is 11.5. The van der Waals surface area contributed by atoms with E-state index in [4.69, 9.17) is 16.3 Å². The number of hydrogen-bond acceptors (Lipinski definition) is 10. The lowest BCUT2D eigenvalue weighted by molar-refractivity contribution is -0.00556. The Morgan fingerprint density at radius 2 is 1.54 bits per heavy atom. The van der Waals surface area contributed by atoms with Crippen molar-refractivity contribution in [3.8, 4) is 22.4 Å². The highest BCUT2D eigenvalue weighted by Gasteiger charge is 2.33. The number of carbonyl (C=O) groups is 1. The number of piperazine rings is 1. The van der Waals surface area contributed by atoms with Gasteiger partial charge in [0.05, 0.1) is 40.1 Å². The van der Waals surface area contributed by atoms with E-state index in [0.29, 0.717) is 53.8 Å². The number of halogens is 3. The van der Waals surface area contributed by atoms with Crippen molar-refractivity contribution in [2.75, 3.05) is 78.5 Å². The first-order chi connectivity index (χ1) is 33.0. The molecule has 5 aromatic carbocycles. The third-order valence-corrected chi connectivity index (χ3v) is 16.2. The largest absolute Gasteiger partial charge is 0.465 e. The van der Waals surface area contributed by atoms with Crippen LogP contribution in [0.4, 0.5) is 31.5 Å². The minimum absolute atomic E-state index is 0.0756. The Labute approximate surface area is 413 Å². The van der Waals surface area contributed by atoms with Crippen molar-refractivity contribution >= 4 is 62.1 Å². The van der Waals surface area contributed by atoms with E-state index in [-0.39, 0.29) is 33.3 Å². The second-order valence-corrected chi connectivity index (χ2v) is 21.4. The van der Waals surface area contributed by atoms with Gasteiger partial charge in [0.1, 0.15) is 5.82 Å². The van der Waals surface area contributed by atoms with Crippen LogP contribution in [0.2, 0.25) is 5.02 Å². The molecule has 3 heterocycles. The van der Waals surface area contributed by atoms with E-state index in [0.717, 1.165) is 61.6 Å². The number of thioether (sulfide) groups is 1. The highest BCUT2D eigenvalue weighted by Crippen LogP contribution is 2.44. The maximum absolute atomic E-state index is 16.9. The van der Waals surface area contributed by atoms with Crippen molar-refractivity contribution in [2.45, 2.75) is 61.5 Å². The van der Waals surface area contributed by atoms with Gasteiger partial charge in [-0.15, -0.1) is 11.8 Å². The van der Waals surface area contributed by atoms with Crippen molar-refractivity contribution in [1.82, 2.24) is 9.47 Å². The topological polar surface area (TPSA) is 119 Å². The fraction of sp³-hybridized carbons (Fsp3) is 0.340. The highest BCUT2D eigenvalue weighted by atomic mass is 35.5. The summed E-state index contributed by atoms with van der Waals surface area (Å²) in [5.74, 6) is -1.47. The zero-order chi connectivity index (χ0) is 49.0. The maximum Gasteiger partial charge on any atom is 0.340 e. The average molecular weight is 998 g/mol. The lowest BCUT2D eigenvalue weighted by Crippen LogP contribution is -2.46. The highest BCUT2D eigenvalue weighted by molar-refractivity contribution is 7.99. The second-order valence-electron chi connectivity index (χ2n) is 18.2. The number of likely N-dealkylation sites (tertiary alicyclic amines) is 1. The molecule has 0 spiro atoms. The number of hydrogen-bond donors (Lipinski definition) is 3. The molecular formula is C53H59ClF2N6O5S2. The molecule has 0 unspecified atom stereocenters. The summed E-state index contributed by atoms with van der Waals surface area (Å²) in [6, 6.07) is 32.3. The van der Waals surface area contributed by atoms with Crippen molar-refractivity contribution in [3.63, 3.8) is 0 Å². The lowest BCUT2D eigenvalue weighted by atomic mass is 9.94. The molecule has 0 aliphatic carbocycles. The van der Waals surface area contributed by atoms with Crippen LogP contribution in [-0.4, -0.2) is 99.3 Å². The van der Waals surface area contributed by atoms with Gasteiger partial charge in [-0.1, -0.05) is 41.9 Å². The number of aliphatic hydroxyl groups is 1. The normalized spacial score (nSPS) is 15.8. The molecule has 1 atom stereocenters. The number of esters is 1. The Morgan fingerprint density at radius 3 is 2.19 bits per heavy atom. The van der Waals surface area contributed by atoms with Gasteiger partial charge < -0.3 is 34.4 Å². The number of piperidine rings is 1. The molecule has 0 amide bonds. The van der Waals surface area contributed by atoms with E-state index in [2.05, 4.69) is 32.0 Å². The molecular weight excluding hydrogens is 938 g/mol. The summed E-state index contributed by atoms with van der Waals surface area (Å²) >= 11 is 7.97. The summed E-state index contributed by atoms with van der Waals surface area (Å²) in [6.07, 6.45) is 2.41. The summed E-state index contributed by atoms with van der Waals surface area (Å²) in [4.78, 5) is 21.0. The number of rotatable bonds is 16. The molecule has 364 valence electrons. The van der Waals surface area contributed by atoms with Crippen LogP contribution in [0.15, 0.2) is 119 Å². The Bertz CT molecular complexity index is 2880. The number of benzene rings is 5. The standard InChI is InChI=1S/C53H59ClF2N6O5S2/c1-35-33-43(19-21-45(35)57-40(34-68-42-9-7-6-8-10-42)23-26-60-27-24-53(3,64)25-28-60)69(65,66)58-39-15-17-41(18-16-39)61-29-31-62(32-30-61)46-22-20-44(55)48(50(46)56)49-47(52(63)67-5)36(2)59(4)51(49)37-11-13-38(54)14-12-37/h6-22,33,40,57-58,64H,23-32,34H2,1-5H3/t40-/m1/s1. The summed E-state index contributed by atoms with van der Waals surface area (Å²) < 4.78 is 69.9. The Morgan fingerprint density at radius 1 is 0.870 bits per heavy atom. The first-order valence-electron chi connectivity index (χ1n) is 23.2. The number of methoxy groups -OCH3 is 1. The first-order valence-corrected chi connectivity index (χ1v) is 26.0. The molecule has 2 aliphatic heterocycles. The molecule has 0 bridgehead atoms. The van der Waals surface area contributed by atoms with Crippen LogP contribution >= 0.6 is 23.4 Å². The van der Waals surface area contributed by atoms with Gasteiger partial charge in [0, 0.05) is 103 Å². The summed E-state index contributed by atoms with van der Waals surface area (Å²) in [5.41, 5.74) is 4.01. The number of anilines is 4. The minimum atomic E-state index is -3.92. The van der Waals surface area contributed by atoms with E-state index >= 15 is 8.78 Å². The van der Waals surface area contributed by atoms with E-state index in [9.17, 15) is 18.3 Å². The number of aromatic nitrogens is 1. The van der Waals surface area contributed by atoms with Crippen LogP contribution < -0.4 is 19.8 Å². The molecule has 6 aromatic rings. The van der Waals surface area contributed by atoms with E-state index in [1.165, 1.54) is 24.1 Å². The third-order valence-electron chi connectivity index (χ3n) is 13.4. The minimum Gasteiger partial charge on any atom is -0.465 e. The van der Waals surface area contributed by atoms with Gasteiger partial charge in [-0.25, -0.2) is 22.0 Å². The molecule has 69 heavy (non-hydrogen) atoms. The quantitative estimate of drug-likeness (QED) is 0.0639. The molecule has 1 aromatic heterocycles. The van der Waals surface area contributed by atoms with Crippen LogP contribution in [0.25, 0.3) is 22.4 Å². The van der Waals surface area contributed by atoms with Crippen LogP contribution in [0.5, 0.6) is 0 Å². The van der Waals surface area contributed by atoms with Gasteiger partial charge >= 0.3 is 5.97 Å². The van der Waals surface area contributed by atoms with E-state index in [1.54, 1.807) is 78.8 Å². The SMILES string of the molecule is COC(=O)c1c(-c2c(F)ccc(N3CCN(c4ccc(NS(=O)(=O)c5ccc(N[C@H](CCN6CCC(C)(O)CC6)CSc6ccccc6)c(C)c5)cc4)CC3)c2F)c(-c2ccc(Cl)cc2)n(C)c1C. The zero-order valence-electron chi connectivity index (χ0n) is 39.6. The molecule has 0 saturated carbocycles. The summed E-state index contributed by atoms with van der Waals surface area (Å²) in [6.45, 7) is 10.0. The smallest absolute Gasteiger partial charge is 0.340 e. The predicted octanol–water partition coefficient (Wildman–Crippen LogP) is 10.6. The number of ether oxygens (including phenoxy) is 1. The van der Waals surface area contributed by atoms with Crippen molar-refractivity contribution in [1.29, 1.82) is 0 Å². The monoisotopic (exact) mass is 996 g/mol. The van der Waals surface area contributed by atoms with Crippen LogP contribution in [0, 0.1) is 25.5 Å². The number of nitrogens with zero attached hydrogens (tertiary/aromatic N) is 4. The maximum atomic E-state index is 16.9. The lowest BCUT2D eigenvalue weighted by Gasteiger charge is -2.37. The zero-order valence-corrected chi connectivity index (χ0v) is 42.0. The Kier molecular flexibility index (Phi) is 15.3. The Balaban J connectivity index is 0.920. The van der Waals surface area contributed by atoms with Crippen molar-refractivity contribution in [3.05, 3.63) is 143 Å². The van der Waals surface area contributed by atoms with Crippen molar-refractivity contribution in [2.24, 2.45) is 7.05 Å². The van der Waals surface area contributed by atoms with Crippen LogP contribution in [-0.2, 0) is 21.8 Å². The first kappa shape index (κ1) is 49.8. The van der Waals surface area contributed by atoms with E-state index in [1.807, 2.05) is 55.1 Å². The van der Waals surface area contributed by atoms with Gasteiger partial charge in [0.15, 0.2) is 5.82 Å². The number of carbonyl (C=O) groups excluding carboxylic acids is 1.